The largest absolute Gasteiger partial charge is 0.468 e. The topological polar surface area (TPSA) is 310 Å². The van der Waals surface area contributed by atoms with Gasteiger partial charge in [-0.05, 0) is 33.6 Å². The number of ether oxygens (including phenoxy) is 3. The molecule has 2 saturated heterocycles. The van der Waals surface area contributed by atoms with Crippen LogP contribution in [0, 0.1) is 10.8 Å². The molecule has 2 aliphatic rings. The molecule has 0 bridgehead atoms. The number of carbonyl (C=O) groups is 6. The lowest BCUT2D eigenvalue weighted by Gasteiger charge is -2.12. The van der Waals surface area contributed by atoms with Crippen LogP contribution in [0.2, 0.25) is 0 Å². The van der Waals surface area contributed by atoms with Gasteiger partial charge in [0.25, 0.3) is 6.47 Å². The van der Waals surface area contributed by atoms with Gasteiger partial charge in [-0.25, -0.2) is 0 Å². The molecule has 20 heteroatoms. The van der Waals surface area contributed by atoms with Crippen molar-refractivity contribution in [2.75, 3.05) is 53.6 Å². The number of carbonyl (C=O) groups excluding carboxylic acids is 6. The molecular weight excluding hydrogens is 632 g/mol. The van der Waals surface area contributed by atoms with Crippen molar-refractivity contribution < 1.29 is 68.5 Å². The van der Waals surface area contributed by atoms with E-state index < -0.39 is 36.2 Å². The first-order chi connectivity index (χ1) is 22.0. The monoisotopic (exact) mass is 682 g/mol. The average molecular weight is 683 g/mol. The molecule has 2 unspecified atom stereocenters. The van der Waals surface area contributed by atoms with Gasteiger partial charge >= 0.3 is 17.9 Å². The van der Waals surface area contributed by atoms with Gasteiger partial charge in [-0.2, -0.15) is 0 Å². The first-order valence-electron chi connectivity index (χ1n) is 14.3. The van der Waals surface area contributed by atoms with Crippen LogP contribution in [0.1, 0.15) is 52.9 Å². The van der Waals surface area contributed by atoms with E-state index in [1.54, 1.807) is 30.8 Å². The Morgan fingerprint density at radius 2 is 1.32 bits per heavy atom. The minimum Gasteiger partial charge on any atom is -0.468 e. The maximum Gasteiger partial charge on any atom is 0.317 e. The summed E-state index contributed by atoms with van der Waals surface area (Å²) in [5.41, 5.74) is 0. The number of amides is 2. The van der Waals surface area contributed by atoms with Gasteiger partial charge in [0.05, 0.1) is 51.9 Å². The molecule has 47 heavy (non-hydrogen) atoms. The van der Waals surface area contributed by atoms with E-state index in [4.69, 9.17) is 41.1 Å². The molecule has 2 fully saturated rings. The lowest BCUT2D eigenvalue weighted by molar-refractivity contribution is -0.163. The van der Waals surface area contributed by atoms with Crippen molar-refractivity contribution in [1.29, 1.82) is 10.8 Å². The summed E-state index contributed by atoms with van der Waals surface area (Å²) in [5, 5.41) is 59.2. The molecule has 0 saturated carbocycles. The van der Waals surface area contributed by atoms with Gasteiger partial charge in [-0.1, -0.05) is 0 Å². The summed E-state index contributed by atoms with van der Waals surface area (Å²) in [6.45, 7) is 5.32. The lowest BCUT2D eigenvalue weighted by Crippen LogP contribution is -2.25. The number of aliphatic hydroxyl groups excluding tert-OH is 5. The second kappa shape index (κ2) is 29.2. The average Bonchev–Trinajstić information content (AvgIpc) is 3.43. The van der Waals surface area contributed by atoms with Crippen LogP contribution in [-0.4, -0.2) is 155 Å². The smallest absolute Gasteiger partial charge is 0.317 e. The van der Waals surface area contributed by atoms with Crippen LogP contribution in [0.15, 0.2) is 0 Å². The number of nitrogens with one attached hydrogen (secondary N) is 4. The second-order valence-electron chi connectivity index (χ2n) is 9.67. The fraction of sp³-hybridized carbons (Fsp3) is 0.704. The normalized spacial score (nSPS) is 14.3. The molecule has 0 aromatic heterocycles. The van der Waals surface area contributed by atoms with E-state index in [0.29, 0.717) is 32.4 Å². The highest BCUT2D eigenvalue weighted by atomic mass is 16.6. The molecule has 2 heterocycles. The third kappa shape index (κ3) is 30.2. The summed E-state index contributed by atoms with van der Waals surface area (Å²) in [7, 11) is 3.39. The predicted octanol–water partition coefficient (Wildman–Crippen LogP) is -3.21. The number of aliphatic hydroxyl groups is 5. The fourth-order valence-electron chi connectivity index (χ4n) is 2.69. The molecule has 0 aromatic rings. The quantitative estimate of drug-likeness (QED) is 0.0303. The Morgan fingerprint density at radius 1 is 0.872 bits per heavy atom. The molecule has 0 radical (unpaired) electrons. The Kier molecular flexibility index (Phi) is 29.3. The minimum atomic E-state index is -0.954. The SMILES string of the molecule is CC(O)CC(=O)OC(=O)CC(C)OC(=O)CCCCOC=O.CCO.CN1CC(=O)NC1=N.CN1CC(=O)NC1=N.OCC(O)CO. The highest BCUT2D eigenvalue weighted by molar-refractivity contribution is 6.03. The van der Waals surface area contributed by atoms with Crippen molar-refractivity contribution in [3.8, 4) is 0 Å². The first kappa shape index (κ1) is 47.2. The predicted molar refractivity (Wildman–Crippen MR) is 163 cm³/mol. The van der Waals surface area contributed by atoms with Crippen molar-refractivity contribution in [3.63, 3.8) is 0 Å². The molecule has 9 N–H and O–H groups in total. The molecule has 0 aromatic carbocycles. The Hall–Kier alpha value is -4.24. The number of unbranched alkanes of at least 4 members (excludes halogenated alkanes) is 1. The molecule has 2 atom stereocenters. The lowest BCUT2D eigenvalue weighted by atomic mass is 10.2. The van der Waals surface area contributed by atoms with Crippen LogP contribution < -0.4 is 10.6 Å². The molecule has 0 aliphatic carbocycles. The van der Waals surface area contributed by atoms with Crippen LogP contribution in [0.3, 0.4) is 0 Å². The number of likely N-dealkylation sites (N-methyl/N-ethyl adjacent to an activating group) is 2. The third-order valence-corrected chi connectivity index (χ3v) is 4.90. The van der Waals surface area contributed by atoms with Crippen molar-refractivity contribution in [2.45, 2.75) is 71.2 Å². The van der Waals surface area contributed by atoms with Crippen molar-refractivity contribution >= 4 is 48.1 Å². The van der Waals surface area contributed by atoms with Gasteiger partial charge in [0.15, 0.2) is 11.9 Å². The highest BCUT2D eigenvalue weighted by Gasteiger charge is 2.20. The van der Waals surface area contributed by atoms with Crippen molar-refractivity contribution in [3.05, 3.63) is 0 Å². The van der Waals surface area contributed by atoms with Gasteiger partial charge in [-0.15, -0.1) is 0 Å². The molecule has 2 amide bonds. The number of hydrogen-bond donors (Lipinski definition) is 9. The number of rotatable bonds is 13. The summed E-state index contributed by atoms with van der Waals surface area (Å²) >= 11 is 0. The van der Waals surface area contributed by atoms with E-state index >= 15 is 0 Å². The van der Waals surface area contributed by atoms with E-state index in [9.17, 15) is 28.8 Å². The van der Waals surface area contributed by atoms with E-state index in [-0.39, 0.29) is 69.4 Å². The van der Waals surface area contributed by atoms with Gasteiger partial charge < -0.3 is 49.5 Å². The molecular formula is C27H50N6O14. The first-order valence-corrected chi connectivity index (χ1v) is 14.3. The Balaban J connectivity index is -0.000000624. The van der Waals surface area contributed by atoms with Gasteiger partial charge in [0.1, 0.15) is 12.2 Å². The Labute approximate surface area is 273 Å². The summed E-state index contributed by atoms with van der Waals surface area (Å²) in [6.07, 6.45) is -1.90. The summed E-state index contributed by atoms with van der Waals surface area (Å²) < 4.78 is 13.9. The molecule has 20 nitrogen and oxygen atoms in total. The van der Waals surface area contributed by atoms with Crippen molar-refractivity contribution in [2.24, 2.45) is 0 Å². The molecule has 0 spiro atoms. The molecule has 2 rings (SSSR count). The van der Waals surface area contributed by atoms with Crippen LogP contribution >= 0.6 is 0 Å². The van der Waals surface area contributed by atoms with Crippen LogP contribution in [0.5, 0.6) is 0 Å². The van der Waals surface area contributed by atoms with Gasteiger partial charge in [0, 0.05) is 27.1 Å². The van der Waals surface area contributed by atoms with Crippen LogP contribution in [-0.2, 0) is 43.0 Å². The maximum atomic E-state index is 11.5. The van der Waals surface area contributed by atoms with E-state index in [1.807, 2.05) is 0 Å². The highest BCUT2D eigenvalue weighted by Crippen LogP contribution is 2.06. The summed E-state index contributed by atoms with van der Waals surface area (Å²) in [4.78, 5) is 67.7. The molecule has 2 aliphatic heterocycles. The van der Waals surface area contributed by atoms with E-state index in [2.05, 4.69) is 20.1 Å². The zero-order valence-electron chi connectivity index (χ0n) is 27.4. The standard InChI is InChI=1S/C14H22O8.2C4H7N3O.C3H8O3.C2H6O/c1-10(16)7-13(18)22-14(19)8-11(2)21-12(17)5-3-4-6-20-9-15;2*1-7-2-3(8)6-4(7)5;4-1-3(6)2-5;1-2-3/h9-11,16H,3-8H2,1-2H3;2*2H2,1H3,(H2,5,6,8);3-6H,1-2H2;3H,2H2,1H3. The number of nitrogens with zero attached hydrogens (tertiary/aromatic N) is 2. The third-order valence-electron chi connectivity index (χ3n) is 4.90. The summed E-state index contributed by atoms with van der Waals surface area (Å²) in [6, 6.07) is 0. The number of guanidine groups is 2. The van der Waals surface area contributed by atoms with E-state index in [0.717, 1.165) is 0 Å². The van der Waals surface area contributed by atoms with Gasteiger partial charge in [-0.3, -0.25) is 50.2 Å². The maximum absolute atomic E-state index is 11.5. The van der Waals surface area contributed by atoms with Crippen molar-refractivity contribution in [1.82, 2.24) is 20.4 Å². The Bertz CT molecular complexity index is 944. The van der Waals surface area contributed by atoms with Crippen LogP contribution in [0.25, 0.3) is 0 Å². The molecule has 272 valence electrons. The second-order valence-corrected chi connectivity index (χ2v) is 9.67. The number of esters is 3. The van der Waals surface area contributed by atoms with E-state index in [1.165, 1.54) is 13.8 Å². The Morgan fingerprint density at radius 3 is 1.62 bits per heavy atom. The fourth-order valence-corrected chi connectivity index (χ4v) is 2.69. The zero-order valence-corrected chi connectivity index (χ0v) is 27.4. The number of hydrogen-bond acceptors (Lipinski definition) is 16. The summed E-state index contributed by atoms with van der Waals surface area (Å²) in [5.74, 6) is -1.94. The van der Waals surface area contributed by atoms with Crippen LogP contribution in [0.4, 0.5) is 0 Å². The van der Waals surface area contributed by atoms with Gasteiger partial charge in [0.2, 0.25) is 11.8 Å². The minimum absolute atomic E-state index is 0.0995. The zero-order chi connectivity index (χ0) is 36.9.